The molecule has 116 valence electrons. The number of hydrogen-bond acceptors (Lipinski definition) is 2. The van der Waals surface area contributed by atoms with Crippen LogP contribution in [0.25, 0.3) is 0 Å². The molecule has 0 aromatic heterocycles. The Hall–Kier alpha value is -1.49. The van der Waals surface area contributed by atoms with E-state index in [0.717, 1.165) is 13.0 Å². The summed E-state index contributed by atoms with van der Waals surface area (Å²) in [5, 5.41) is 3.23. The molecule has 0 bridgehead atoms. The monoisotopic (exact) mass is 296 g/mol. The molecule has 1 aliphatic rings. The molecule has 2 rings (SSSR count). The Labute approximate surface area is 124 Å². The van der Waals surface area contributed by atoms with Gasteiger partial charge in [-0.2, -0.15) is 0 Å². The fourth-order valence-electron chi connectivity index (χ4n) is 2.79. The molecule has 0 saturated carbocycles. The molecule has 1 aliphatic heterocycles. The van der Waals surface area contributed by atoms with Crippen LogP contribution in [0.15, 0.2) is 12.1 Å². The Morgan fingerprint density at radius 3 is 2.62 bits per heavy atom. The molecule has 0 spiro atoms. The first-order valence-electron chi connectivity index (χ1n) is 7.38. The number of benzene rings is 1. The van der Waals surface area contributed by atoms with Crippen LogP contribution in [0.1, 0.15) is 43.9 Å². The van der Waals surface area contributed by atoms with Crippen LogP contribution in [-0.2, 0) is 4.79 Å². The van der Waals surface area contributed by atoms with E-state index in [2.05, 4.69) is 5.32 Å². The lowest BCUT2D eigenvalue weighted by atomic mass is 10.0. The Bertz CT molecular complexity index is 533. The molecule has 21 heavy (non-hydrogen) atoms. The lowest BCUT2D eigenvalue weighted by Gasteiger charge is -2.25. The minimum atomic E-state index is -0.404. The smallest absolute Gasteiger partial charge is 0.222 e. The van der Waals surface area contributed by atoms with Gasteiger partial charge < -0.3 is 10.2 Å². The van der Waals surface area contributed by atoms with Gasteiger partial charge >= 0.3 is 0 Å². The van der Waals surface area contributed by atoms with Crippen molar-refractivity contribution in [2.24, 2.45) is 0 Å². The molecule has 2 unspecified atom stereocenters. The molecule has 0 aliphatic carbocycles. The van der Waals surface area contributed by atoms with Gasteiger partial charge in [-0.3, -0.25) is 4.79 Å². The van der Waals surface area contributed by atoms with Crippen molar-refractivity contribution in [3.63, 3.8) is 0 Å². The molecule has 1 amide bonds. The van der Waals surface area contributed by atoms with Crippen molar-refractivity contribution >= 4 is 5.91 Å². The van der Waals surface area contributed by atoms with Gasteiger partial charge in [-0.15, -0.1) is 0 Å². The predicted octanol–water partition coefficient (Wildman–Crippen LogP) is 2.93. The average Bonchev–Trinajstić information content (AvgIpc) is 2.79. The minimum Gasteiger partial charge on any atom is -0.341 e. The van der Waals surface area contributed by atoms with Crippen LogP contribution in [0, 0.1) is 18.6 Å². The van der Waals surface area contributed by atoms with Crippen molar-refractivity contribution in [2.75, 3.05) is 13.1 Å². The van der Waals surface area contributed by atoms with Gasteiger partial charge in [0.2, 0.25) is 5.91 Å². The first-order valence-corrected chi connectivity index (χ1v) is 7.38. The van der Waals surface area contributed by atoms with E-state index in [0.29, 0.717) is 24.1 Å². The normalized spacial score (nSPS) is 18.1. The first kappa shape index (κ1) is 15.9. The zero-order valence-electron chi connectivity index (χ0n) is 12.7. The highest BCUT2D eigenvalue weighted by molar-refractivity contribution is 5.78. The largest absolute Gasteiger partial charge is 0.341 e. The summed E-state index contributed by atoms with van der Waals surface area (Å²) in [6, 6.07) is 2.17. The fourth-order valence-corrected chi connectivity index (χ4v) is 2.79. The lowest BCUT2D eigenvalue weighted by Crippen LogP contribution is -2.40. The summed E-state index contributed by atoms with van der Waals surface area (Å²) in [6.45, 7) is 6.67. The van der Waals surface area contributed by atoms with Gasteiger partial charge in [0.15, 0.2) is 0 Å². The van der Waals surface area contributed by atoms with Crippen LogP contribution in [0.5, 0.6) is 0 Å². The maximum atomic E-state index is 13.9. The number of carbonyl (C=O) groups excluding carboxylic acids is 1. The van der Waals surface area contributed by atoms with Gasteiger partial charge in [0, 0.05) is 37.2 Å². The number of amides is 1. The van der Waals surface area contributed by atoms with Crippen molar-refractivity contribution in [2.45, 2.75) is 45.7 Å². The lowest BCUT2D eigenvalue weighted by molar-refractivity contribution is -0.127. The Morgan fingerprint density at radius 2 is 2.00 bits per heavy atom. The van der Waals surface area contributed by atoms with Crippen LogP contribution in [0.4, 0.5) is 8.78 Å². The number of aryl methyl sites for hydroxylation is 1. The van der Waals surface area contributed by atoms with Gasteiger partial charge in [-0.25, -0.2) is 8.78 Å². The molecule has 3 nitrogen and oxygen atoms in total. The maximum Gasteiger partial charge on any atom is 0.222 e. The van der Waals surface area contributed by atoms with E-state index in [4.69, 9.17) is 0 Å². The zero-order valence-corrected chi connectivity index (χ0v) is 12.7. The molecule has 5 heteroatoms. The predicted molar refractivity (Wildman–Crippen MR) is 77.9 cm³/mol. The van der Waals surface area contributed by atoms with E-state index in [-0.39, 0.29) is 18.0 Å². The first-order chi connectivity index (χ1) is 9.88. The van der Waals surface area contributed by atoms with Gasteiger partial charge in [-0.05, 0) is 44.9 Å². The number of rotatable bonds is 5. The second-order valence-corrected chi connectivity index (χ2v) is 5.86. The quantitative estimate of drug-likeness (QED) is 0.906. The number of likely N-dealkylation sites (tertiary alicyclic amines) is 1. The molecule has 1 aromatic carbocycles. The highest BCUT2D eigenvalue weighted by Crippen LogP contribution is 2.21. The molecule has 1 heterocycles. The maximum absolute atomic E-state index is 13.9. The minimum absolute atomic E-state index is 0.0193. The summed E-state index contributed by atoms with van der Waals surface area (Å²) in [4.78, 5) is 13.4. The standard InChI is InChI=1S/C16H22F2N2O/c1-10-7-15(18)13(8-14(10)17)12(3)19-11(2)9-20-6-4-5-16(20)21/h7-8,11-12,19H,4-6,9H2,1-3H3. The second kappa shape index (κ2) is 6.52. The zero-order chi connectivity index (χ0) is 15.6. The summed E-state index contributed by atoms with van der Waals surface area (Å²) in [5.74, 6) is -0.635. The number of hydrogen-bond donors (Lipinski definition) is 1. The third-order valence-corrected chi connectivity index (χ3v) is 3.94. The van der Waals surface area contributed by atoms with E-state index in [9.17, 15) is 13.6 Å². The number of nitrogens with zero attached hydrogens (tertiary/aromatic N) is 1. The van der Waals surface area contributed by atoms with E-state index < -0.39 is 11.6 Å². The van der Waals surface area contributed by atoms with Gasteiger partial charge in [0.05, 0.1) is 0 Å². The molecule has 1 saturated heterocycles. The van der Waals surface area contributed by atoms with E-state index in [1.807, 2.05) is 11.8 Å². The van der Waals surface area contributed by atoms with Crippen molar-refractivity contribution in [1.29, 1.82) is 0 Å². The van der Waals surface area contributed by atoms with Crippen LogP contribution in [0.2, 0.25) is 0 Å². The van der Waals surface area contributed by atoms with Crippen molar-refractivity contribution in [3.8, 4) is 0 Å². The van der Waals surface area contributed by atoms with Gasteiger partial charge in [-0.1, -0.05) is 0 Å². The van der Waals surface area contributed by atoms with E-state index in [1.54, 1.807) is 13.8 Å². The summed E-state index contributed by atoms with van der Waals surface area (Å²) >= 11 is 0. The van der Waals surface area contributed by atoms with E-state index in [1.165, 1.54) is 12.1 Å². The number of halogens is 2. The fraction of sp³-hybridized carbons (Fsp3) is 0.562. The highest BCUT2D eigenvalue weighted by Gasteiger charge is 2.23. The molecule has 1 N–H and O–H groups in total. The van der Waals surface area contributed by atoms with Crippen LogP contribution < -0.4 is 5.32 Å². The topological polar surface area (TPSA) is 32.3 Å². The molecular formula is C16H22F2N2O. The number of carbonyl (C=O) groups is 1. The molecular weight excluding hydrogens is 274 g/mol. The van der Waals surface area contributed by atoms with Crippen LogP contribution in [-0.4, -0.2) is 29.9 Å². The van der Waals surface area contributed by atoms with Crippen molar-refractivity contribution in [1.82, 2.24) is 10.2 Å². The number of nitrogens with one attached hydrogen (secondary N) is 1. The third kappa shape index (κ3) is 3.79. The third-order valence-electron chi connectivity index (χ3n) is 3.94. The molecule has 2 atom stereocenters. The summed E-state index contributed by atoms with van der Waals surface area (Å²) in [6.07, 6.45) is 1.51. The molecule has 1 fully saturated rings. The van der Waals surface area contributed by atoms with Crippen LogP contribution >= 0.6 is 0 Å². The molecule has 0 radical (unpaired) electrons. The van der Waals surface area contributed by atoms with Crippen molar-refractivity contribution < 1.29 is 13.6 Å². The highest BCUT2D eigenvalue weighted by atomic mass is 19.1. The SMILES string of the molecule is Cc1cc(F)c(C(C)NC(C)CN2CCCC2=O)cc1F. The Morgan fingerprint density at radius 1 is 1.29 bits per heavy atom. The van der Waals surface area contributed by atoms with E-state index >= 15 is 0 Å². The summed E-state index contributed by atoms with van der Waals surface area (Å²) in [5.41, 5.74) is 0.622. The van der Waals surface area contributed by atoms with Gasteiger partial charge in [0.25, 0.3) is 0 Å². The summed E-state index contributed by atoms with van der Waals surface area (Å²) in [7, 11) is 0. The van der Waals surface area contributed by atoms with Crippen molar-refractivity contribution in [3.05, 3.63) is 34.9 Å². The van der Waals surface area contributed by atoms with Gasteiger partial charge in [0.1, 0.15) is 11.6 Å². The van der Waals surface area contributed by atoms with Crippen LogP contribution in [0.3, 0.4) is 0 Å². The summed E-state index contributed by atoms with van der Waals surface area (Å²) < 4.78 is 27.5. The Balaban J connectivity index is 1.99. The second-order valence-electron chi connectivity index (χ2n) is 5.86. The molecule has 1 aromatic rings. The Kier molecular flexibility index (Phi) is 4.93. The average molecular weight is 296 g/mol.